The highest BCUT2D eigenvalue weighted by molar-refractivity contribution is 6.06. The van der Waals surface area contributed by atoms with E-state index in [0.717, 1.165) is 59.2 Å². The zero-order valence-electron chi connectivity index (χ0n) is 19.8. The second-order valence-corrected chi connectivity index (χ2v) is 9.41. The Hall–Kier alpha value is -3.12. The molecule has 1 aromatic heterocycles. The van der Waals surface area contributed by atoms with Crippen LogP contribution >= 0.6 is 0 Å². The molecule has 0 radical (unpaired) electrons. The van der Waals surface area contributed by atoms with E-state index >= 15 is 0 Å². The molecule has 0 spiro atoms. The van der Waals surface area contributed by atoms with Crippen molar-refractivity contribution in [3.05, 3.63) is 53.6 Å². The molecule has 2 saturated carbocycles. The van der Waals surface area contributed by atoms with Gasteiger partial charge in [0, 0.05) is 48.0 Å². The molecule has 2 N–H and O–H groups in total. The van der Waals surface area contributed by atoms with Gasteiger partial charge in [-0.15, -0.1) is 0 Å². The van der Waals surface area contributed by atoms with Gasteiger partial charge in [0.05, 0.1) is 17.8 Å². The van der Waals surface area contributed by atoms with Crippen LogP contribution in [0.15, 0.2) is 42.5 Å². The minimum Gasteiger partial charge on any atom is -0.491 e. The minimum atomic E-state index is 0.00288. The van der Waals surface area contributed by atoms with Crippen LogP contribution in [-0.2, 0) is 4.74 Å². The normalized spacial score (nSPS) is 16.5. The van der Waals surface area contributed by atoms with Crippen molar-refractivity contribution in [3.8, 4) is 17.0 Å². The van der Waals surface area contributed by atoms with Crippen molar-refractivity contribution in [2.45, 2.75) is 57.0 Å². The summed E-state index contributed by atoms with van der Waals surface area (Å²) in [5.74, 6) is 0.813. The average molecular weight is 460 g/mol. The van der Waals surface area contributed by atoms with Crippen LogP contribution in [-0.4, -0.2) is 43.1 Å². The Labute approximate surface area is 200 Å². The molecule has 1 heterocycles. The lowest BCUT2D eigenvalue weighted by molar-refractivity contribution is 0.0938. The van der Waals surface area contributed by atoms with Crippen LogP contribution in [0.25, 0.3) is 22.2 Å². The maximum atomic E-state index is 12.7. The molecule has 1 amide bonds. The summed E-state index contributed by atoms with van der Waals surface area (Å²) in [7, 11) is 1.67. The van der Waals surface area contributed by atoms with Gasteiger partial charge in [-0.1, -0.05) is 25.0 Å². The number of benzene rings is 2. The van der Waals surface area contributed by atoms with Crippen LogP contribution in [0.3, 0.4) is 0 Å². The lowest BCUT2D eigenvalue weighted by atomic mass is 9.92. The van der Waals surface area contributed by atoms with E-state index in [9.17, 15) is 4.79 Å². The fourth-order valence-electron chi connectivity index (χ4n) is 5.23. The summed E-state index contributed by atoms with van der Waals surface area (Å²) in [4.78, 5) is 12.7. The van der Waals surface area contributed by atoms with Crippen LogP contribution in [0.5, 0.6) is 5.75 Å². The van der Waals surface area contributed by atoms with E-state index in [4.69, 9.17) is 14.9 Å². The molecule has 0 saturated heterocycles. The van der Waals surface area contributed by atoms with Gasteiger partial charge in [-0.05, 0) is 61.9 Å². The number of hydrogen-bond acceptors (Lipinski definition) is 4. The first kappa shape index (κ1) is 22.7. The summed E-state index contributed by atoms with van der Waals surface area (Å²) in [5, 5.41) is 12.4. The highest BCUT2D eigenvalue weighted by Gasteiger charge is 2.27. The number of ether oxygens (including phenoxy) is 2. The van der Waals surface area contributed by atoms with Gasteiger partial charge in [0.15, 0.2) is 0 Å². The van der Waals surface area contributed by atoms with Gasteiger partial charge in [0.1, 0.15) is 12.4 Å². The summed E-state index contributed by atoms with van der Waals surface area (Å²) in [6, 6.07) is 14.7. The van der Waals surface area contributed by atoms with E-state index in [0.29, 0.717) is 30.9 Å². The zero-order valence-corrected chi connectivity index (χ0v) is 19.8. The number of amides is 1. The second kappa shape index (κ2) is 10.0. The Kier molecular flexibility index (Phi) is 6.68. The van der Waals surface area contributed by atoms with Gasteiger partial charge >= 0.3 is 0 Å². The van der Waals surface area contributed by atoms with Crippen LogP contribution in [0.4, 0.5) is 0 Å². The van der Waals surface area contributed by atoms with Crippen LogP contribution in [0.1, 0.15) is 66.9 Å². The Balaban J connectivity index is 1.51. The van der Waals surface area contributed by atoms with E-state index in [2.05, 4.69) is 22.0 Å². The molecule has 0 atom stereocenters. The first-order valence-corrected chi connectivity index (χ1v) is 12.4. The average Bonchev–Trinajstić information content (AvgIpc) is 3.44. The summed E-state index contributed by atoms with van der Waals surface area (Å²) < 4.78 is 13.4. The van der Waals surface area contributed by atoms with Gasteiger partial charge in [-0.3, -0.25) is 4.79 Å². The Morgan fingerprint density at radius 1 is 1.06 bits per heavy atom. The smallest absolute Gasteiger partial charge is 0.251 e. The molecule has 0 aliphatic heterocycles. The number of carbonyl (C=O) groups excluding carboxylic acids is 1. The maximum absolute atomic E-state index is 12.7. The SMILES string of the molecule is COCCOc1ccc2c(C=N)c(-c3ccc(C(=O)NC4CCCC4)cc3)n(C3CCC3)c2c1. The number of aromatic nitrogens is 1. The number of hydrogen-bond donors (Lipinski definition) is 2. The van der Waals surface area contributed by atoms with Crippen molar-refractivity contribution >= 4 is 23.0 Å². The highest BCUT2D eigenvalue weighted by Crippen LogP contribution is 2.43. The van der Waals surface area contributed by atoms with Crippen LogP contribution in [0, 0.1) is 5.41 Å². The van der Waals surface area contributed by atoms with Crippen molar-refractivity contribution in [2.75, 3.05) is 20.3 Å². The van der Waals surface area contributed by atoms with Crippen molar-refractivity contribution < 1.29 is 14.3 Å². The first-order valence-electron chi connectivity index (χ1n) is 12.4. The molecule has 3 aromatic rings. The van der Waals surface area contributed by atoms with Crippen molar-refractivity contribution in [2.24, 2.45) is 0 Å². The second-order valence-electron chi connectivity index (χ2n) is 9.41. The lowest BCUT2D eigenvalue weighted by Crippen LogP contribution is -2.32. The molecule has 34 heavy (non-hydrogen) atoms. The molecule has 2 aliphatic rings. The first-order chi connectivity index (χ1) is 16.7. The van der Waals surface area contributed by atoms with E-state index in [-0.39, 0.29) is 5.91 Å². The molecular formula is C28H33N3O3. The number of rotatable bonds is 9. The zero-order chi connectivity index (χ0) is 23.5. The van der Waals surface area contributed by atoms with E-state index in [1.165, 1.54) is 25.5 Å². The fourth-order valence-corrected chi connectivity index (χ4v) is 5.23. The Bertz CT molecular complexity index is 1170. The predicted molar refractivity (Wildman–Crippen MR) is 135 cm³/mol. The molecule has 2 fully saturated rings. The summed E-state index contributed by atoms with van der Waals surface area (Å²) >= 11 is 0. The Morgan fingerprint density at radius 3 is 2.47 bits per heavy atom. The molecule has 2 aliphatic carbocycles. The maximum Gasteiger partial charge on any atom is 0.251 e. The van der Waals surface area contributed by atoms with Crippen molar-refractivity contribution in [1.82, 2.24) is 9.88 Å². The Morgan fingerprint density at radius 2 is 1.82 bits per heavy atom. The quantitative estimate of drug-likeness (QED) is 0.317. The van der Waals surface area contributed by atoms with Gasteiger partial charge < -0.3 is 24.8 Å². The molecule has 5 rings (SSSR count). The minimum absolute atomic E-state index is 0.00288. The fraction of sp³-hybridized carbons (Fsp3) is 0.429. The number of nitrogens with zero attached hydrogens (tertiary/aromatic N) is 1. The molecule has 6 nitrogen and oxygen atoms in total. The molecule has 0 bridgehead atoms. The number of methoxy groups -OCH3 is 1. The number of fused-ring (bicyclic) bond motifs is 1. The van der Waals surface area contributed by atoms with E-state index in [1.54, 1.807) is 7.11 Å². The van der Waals surface area contributed by atoms with Gasteiger partial charge in [-0.25, -0.2) is 0 Å². The standard InChI is InChI=1S/C28H33N3O3/c1-33-15-16-34-23-13-14-24-25(18-29)27(31(26(24)17-23)22-7-4-8-22)19-9-11-20(12-10-19)28(32)30-21-5-2-3-6-21/h9-14,17-18,21-22,29H,2-8,15-16H2,1H3,(H,30,32). The van der Waals surface area contributed by atoms with E-state index in [1.807, 2.05) is 30.3 Å². The van der Waals surface area contributed by atoms with Gasteiger partial charge in [0.25, 0.3) is 5.91 Å². The van der Waals surface area contributed by atoms with Crippen LogP contribution < -0.4 is 10.1 Å². The molecule has 178 valence electrons. The topological polar surface area (TPSA) is 76.3 Å². The molecule has 6 heteroatoms. The third-order valence-corrected chi connectivity index (χ3v) is 7.27. The summed E-state index contributed by atoms with van der Waals surface area (Å²) in [6.07, 6.45) is 9.47. The molecule has 2 aromatic carbocycles. The molecular weight excluding hydrogens is 426 g/mol. The molecule has 0 unspecified atom stereocenters. The summed E-state index contributed by atoms with van der Waals surface area (Å²) in [6.45, 7) is 1.04. The van der Waals surface area contributed by atoms with Crippen molar-refractivity contribution in [1.29, 1.82) is 5.41 Å². The largest absolute Gasteiger partial charge is 0.491 e. The third-order valence-electron chi connectivity index (χ3n) is 7.27. The van der Waals surface area contributed by atoms with E-state index < -0.39 is 0 Å². The number of carbonyl (C=O) groups is 1. The third kappa shape index (κ3) is 4.34. The summed E-state index contributed by atoms with van der Waals surface area (Å²) in [5.41, 5.74) is 4.77. The monoisotopic (exact) mass is 459 g/mol. The highest BCUT2D eigenvalue weighted by atomic mass is 16.5. The van der Waals surface area contributed by atoms with Crippen molar-refractivity contribution in [3.63, 3.8) is 0 Å². The number of nitrogens with one attached hydrogen (secondary N) is 2. The van der Waals surface area contributed by atoms with Crippen LogP contribution in [0.2, 0.25) is 0 Å². The lowest BCUT2D eigenvalue weighted by Gasteiger charge is -2.30. The van der Waals surface area contributed by atoms with Gasteiger partial charge in [0.2, 0.25) is 0 Å². The van der Waals surface area contributed by atoms with Gasteiger partial charge in [-0.2, -0.15) is 0 Å². The predicted octanol–water partition coefficient (Wildman–Crippen LogP) is 5.73.